The first-order valence-corrected chi connectivity index (χ1v) is 0.742. The van der Waals surface area contributed by atoms with Gasteiger partial charge in [0.25, 0.3) is 0 Å². The van der Waals surface area contributed by atoms with Crippen molar-refractivity contribution in [1.82, 2.24) is 0 Å². The third kappa shape index (κ3) is 5250. The van der Waals surface area contributed by atoms with Crippen molar-refractivity contribution >= 4 is 17.0 Å². The summed E-state index contributed by atoms with van der Waals surface area (Å²) in [5.74, 6) is 0. The average Bonchev–Trinajstić information content (AvgIpc) is 0.918. The van der Waals surface area contributed by atoms with Crippen LogP contribution in [0.2, 0.25) is 0 Å². The summed E-state index contributed by atoms with van der Waals surface area (Å²) in [5.41, 5.74) is 4.61. The van der Waals surface area contributed by atoms with Crippen LogP contribution in [0.4, 0.5) is 0 Å². The van der Waals surface area contributed by atoms with Gasteiger partial charge in [0.1, 0.15) is 0 Å². The minimum Gasteiger partial charge on any atom is -0.405 e. The largest absolute Gasteiger partial charge is 0.405 e. The Morgan fingerprint density at radius 2 is 1.75 bits per heavy atom. The van der Waals surface area contributed by atoms with Crippen LogP contribution in [-0.2, 0) is 0 Å². The van der Waals surface area contributed by atoms with Crippen LogP contribution in [0, 0.1) is 0 Å². The Bertz CT molecular complexity index is 13.5. The summed E-state index contributed by atoms with van der Waals surface area (Å²) < 4.78 is 0. The van der Waals surface area contributed by atoms with Crippen LogP contribution in [0.25, 0.3) is 0 Å². The summed E-state index contributed by atoms with van der Waals surface area (Å²) in [6.45, 7) is 3.14. The molecule has 0 aromatic heterocycles. The van der Waals surface area contributed by atoms with Crippen LogP contribution in [0.5, 0.6) is 0 Å². The van der Waals surface area contributed by atoms with E-state index in [9.17, 15) is 0 Å². The van der Waals surface area contributed by atoms with E-state index < -0.39 is 0 Å². The molecule has 0 aliphatic rings. The molecule has 0 atom stereocenters. The molecule has 0 spiro atoms. The molecule has 0 aromatic rings. The van der Waals surface area contributed by atoms with Crippen molar-refractivity contribution < 1.29 is 0 Å². The van der Waals surface area contributed by atoms with Gasteiger partial charge in [0.2, 0.25) is 0 Å². The van der Waals surface area contributed by atoms with E-state index in [2.05, 4.69) is 12.3 Å². The van der Waals surface area contributed by atoms with Gasteiger partial charge in [-0.3, -0.25) is 0 Å². The predicted molar refractivity (Wildman–Crippen MR) is 24.7 cm³/mol. The zero-order valence-corrected chi connectivity index (χ0v) is 3.98. The Hall–Kier alpha value is 0.0200. The number of rotatable bonds is 0. The van der Waals surface area contributed by atoms with E-state index in [-0.39, 0.29) is 17.0 Å². The Morgan fingerprint density at radius 1 is 1.75 bits per heavy atom. The smallest absolute Gasteiger partial charge is 0.0136 e. The summed E-state index contributed by atoms with van der Waals surface area (Å²) in [7, 11) is 0. The molecule has 0 bridgehead atoms. The van der Waals surface area contributed by atoms with Crippen LogP contribution in [0.1, 0.15) is 0 Å². The van der Waals surface area contributed by atoms with E-state index in [1.54, 1.807) is 0 Å². The second kappa shape index (κ2) is 11.8. The molecule has 2 heteroatoms. The van der Waals surface area contributed by atoms with Crippen molar-refractivity contribution in [3.63, 3.8) is 0 Å². The Balaban J connectivity index is 0. The molecule has 0 saturated heterocycles. The third-order valence-electron chi connectivity index (χ3n) is 0. The lowest BCUT2D eigenvalue weighted by molar-refractivity contribution is 1.64. The summed E-state index contributed by atoms with van der Waals surface area (Å²) in [4.78, 5) is 0. The fraction of sp³-hybridized carbons (Fsp3) is 0. The van der Waals surface area contributed by atoms with Gasteiger partial charge in [0.15, 0.2) is 0 Å². The first kappa shape index (κ1) is 8.99. The molecule has 2 N–H and O–H groups in total. The Kier molecular flexibility index (Phi) is 26.6. The van der Waals surface area contributed by atoms with E-state index in [0.29, 0.717) is 0 Å². The standard InChI is InChI=1S/C2H5N.BrH/c1-2-3;/h2H,1,3H2;1H. The van der Waals surface area contributed by atoms with Crippen molar-refractivity contribution in [2.45, 2.75) is 0 Å². The van der Waals surface area contributed by atoms with E-state index >= 15 is 0 Å². The van der Waals surface area contributed by atoms with E-state index in [1.165, 1.54) is 6.20 Å². The highest BCUT2D eigenvalue weighted by Gasteiger charge is 1.09. The van der Waals surface area contributed by atoms with E-state index in [1.807, 2.05) is 0 Å². The molecule has 0 rings (SSSR count). The number of hydrogen-bond acceptors (Lipinski definition) is 1. The lowest BCUT2D eigenvalue weighted by Crippen LogP contribution is -1.67. The molecule has 0 amide bonds. The molecule has 4 heavy (non-hydrogen) atoms. The molecule has 1 nitrogen and oxygen atoms in total. The predicted octanol–water partition coefficient (Wildman–Crippen LogP) is 0.667. The summed E-state index contributed by atoms with van der Waals surface area (Å²) in [5, 5.41) is 0. The Labute approximate surface area is 36.3 Å². The fourth-order valence-electron chi connectivity index (χ4n) is 0. The quantitative estimate of drug-likeness (QED) is 0.504. The fourth-order valence-corrected chi connectivity index (χ4v) is 0. The van der Waals surface area contributed by atoms with Gasteiger partial charge in [-0.1, -0.05) is 6.58 Å². The lowest BCUT2D eigenvalue weighted by Gasteiger charge is -1.40. The summed E-state index contributed by atoms with van der Waals surface area (Å²) in [6, 6.07) is 0. The molecule has 0 heterocycles. The highest BCUT2D eigenvalue weighted by atomic mass is 79.9. The molecular formula is C2H6BrN. The van der Waals surface area contributed by atoms with Crippen molar-refractivity contribution in [3.05, 3.63) is 12.8 Å². The lowest BCUT2D eigenvalue weighted by atomic mass is 11.1. The van der Waals surface area contributed by atoms with Gasteiger partial charge in [-0.25, -0.2) is 0 Å². The molecule has 0 aliphatic carbocycles. The molecular weight excluding hydrogens is 118 g/mol. The van der Waals surface area contributed by atoms with Gasteiger partial charge in [0.05, 0.1) is 0 Å². The van der Waals surface area contributed by atoms with Crippen molar-refractivity contribution in [3.8, 4) is 0 Å². The molecule has 0 radical (unpaired) electrons. The first-order valence-electron chi connectivity index (χ1n) is 0.742. The van der Waals surface area contributed by atoms with E-state index in [0.717, 1.165) is 0 Å². The molecule has 0 saturated carbocycles. The van der Waals surface area contributed by atoms with Gasteiger partial charge in [0, 0.05) is 0 Å². The normalized spacial score (nSPS) is 3.00. The number of nitrogens with two attached hydrogens (primary N) is 1. The minimum absolute atomic E-state index is 0. The minimum atomic E-state index is 0. The van der Waals surface area contributed by atoms with Crippen LogP contribution < -0.4 is 5.73 Å². The highest BCUT2D eigenvalue weighted by Crippen LogP contribution is 1.13. The van der Waals surface area contributed by atoms with Crippen molar-refractivity contribution in [2.24, 2.45) is 5.73 Å². The number of hydrogen-bond donors (Lipinski definition) is 1. The maximum atomic E-state index is 4.61. The van der Waals surface area contributed by atoms with Crippen LogP contribution in [-0.4, -0.2) is 0 Å². The van der Waals surface area contributed by atoms with Gasteiger partial charge in [-0.15, -0.1) is 17.0 Å². The maximum absolute atomic E-state index is 4.61. The van der Waals surface area contributed by atoms with Crippen molar-refractivity contribution in [1.29, 1.82) is 0 Å². The zero-order chi connectivity index (χ0) is 2.71. The third-order valence-corrected chi connectivity index (χ3v) is 0. The summed E-state index contributed by atoms with van der Waals surface area (Å²) in [6.07, 6.45) is 1.25. The van der Waals surface area contributed by atoms with Crippen LogP contribution in [0.3, 0.4) is 0 Å². The van der Waals surface area contributed by atoms with Crippen LogP contribution in [0.15, 0.2) is 12.8 Å². The molecule has 0 aliphatic heterocycles. The molecule has 0 unspecified atom stereocenters. The molecule has 26 valence electrons. The highest BCUT2D eigenvalue weighted by molar-refractivity contribution is 8.93. The zero-order valence-electron chi connectivity index (χ0n) is 2.27. The van der Waals surface area contributed by atoms with Crippen LogP contribution >= 0.6 is 17.0 Å². The molecule has 0 aromatic carbocycles. The molecule has 0 fully saturated rings. The number of halogens is 1. The van der Waals surface area contributed by atoms with Gasteiger partial charge < -0.3 is 5.73 Å². The SMILES string of the molecule is Br.C=CN. The van der Waals surface area contributed by atoms with E-state index in [4.69, 9.17) is 0 Å². The van der Waals surface area contributed by atoms with Gasteiger partial charge in [-0.2, -0.15) is 0 Å². The summed E-state index contributed by atoms with van der Waals surface area (Å²) >= 11 is 0. The Morgan fingerprint density at radius 3 is 1.75 bits per heavy atom. The van der Waals surface area contributed by atoms with Crippen molar-refractivity contribution in [2.75, 3.05) is 0 Å². The van der Waals surface area contributed by atoms with Gasteiger partial charge >= 0.3 is 0 Å². The average molecular weight is 124 g/mol. The second-order valence-corrected chi connectivity index (χ2v) is 0.236. The van der Waals surface area contributed by atoms with Gasteiger partial charge in [-0.05, 0) is 6.20 Å². The second-order valence-electron chi connectivity index (χ2n) is 0.236. The monoisotopic (exact) mass is 123 g/mol. The maximum Gasteiger partial charge on any atom is -0.0136 e. The first-order chi connectivity index (χ1) is 1.41. The topological polar surface area (TPSA) is 26.0 Å².